The minimum atomic E-state index is -0.0189. The molecule has 0 saturated carbocycles. The predicted molar refractivity (Wildman–Crippen MR) is 76.4 cm³/mol. The predicted octanol–water partition coefficient (Wildman–Crippen LogP) is 1.34. The van der Waals surface area contributed by atoms with Crippen molar-refractivity contribution < 1.29 is 4.79 Å². The molecule has 2 rings (SSSR count). The fraction of sp³-hybridized carbons (Fsp3) is 0.571. The first-order valence-corrected chi connectivity index (χ1v) is 6.74. The van der Waals surface area contributed by atoms with Crippen LogP contribution in [0.15, 0.2) is 18.3 Å². The topological polar surface area (TPSA) is 57.3 Å². The van der Waals surface area contributed by atoms with Gasteiger partial charge < -0.3 is 15.5 Å². The van der Waals surface area contributed by atoms with Crippen LogP contribution in [-0.2, 0) is 0 Å². The number of hydrogen-bond acceptors (Lipinski definition) is 4. The maximum Gasteiger partial charge on any atom is 0.254 e. The Morgan fingerprint density at radius 3 is 2.84 bits per heavy atom. The van der Waals surface area contributed by atoms with Gasteiger partial charge in [-0.1, -0.05) is 0 Å². The van der Waals surface area contributed by atoms with Gasteiger partial charge >= 0.3 is 0 Å². The highest BCUT2D eigenvalue weighted by atomic mass is 16.2. The number of nitrogens with one attached hydrogen (secondary N) is 2. The Labute approximate surface area is 114 Å². The molecule has 1 amide bonds. The first-order valence-electron chi connectivity index (χ1n) is 6.74. The van der Waals surface area contributed by atoms with Crippen molar-refractivity contribution >= 4 is 11.7 Å². The number of piperidine rings is 1. The van der Waals surface area contributed by atoms with Gasteiger partial charge in [-0.25, -0.2) is 4.98 Å². The lowest BCUT2D eigenvalue weighted by molar-refractivity contribution is 0.0827. The molecule has 0 radical (unpaired) electrons. The number of carbonyl (C=O) groups excluding carboxylic acids is 1. The molecule has 1 aliphatic heterocycles. The second kappa shape index (κ2) is 6.02. The molecule has 19 heavy (non-hydrogen) atoms. The van der Waals surface area contributed by atoms with Crippen LogP contribution in [0.5, 0.6) is 0 Å². The van der Waals surface area contributed by atoms with Crippen LogP contribution >= 0.6 is 0 Å². The molecule has 0 bridgehead atoms. The summed E-state index contributed by atoms with van der Waals surface area (Å²) in [6, 6.07) is 4.70. The van der Waals surface area contributed by atoms with Gasteiger partial charge in [0.25, 0.3) is 5.91 Å². The summed E-state index contributed by atoms with van der Waals surface area (Å²) in [5.74, 6) is 0.823. The van der Waals surface area contributed by atoms with Crippen LogP contribution < -0.4 is 10.6 Å². The summed E-state index contributed by atoms with van der Waals surface area (Å²) in [7, 11) is 3.48. The van der Waals surface area contributed by atoms with E-state index in [4.69, 9.17) is 0 Å². The van der Waals surface area contributed by atoms with Crippen molar-refractivity contribution in [3.8, 4) is 0 Å². The molecule has 0 aromatic carbocycles. The molecule has 5 nitrogen and oxygen atoms in total. The Kier molecular flexibility index (Phi) is 4.37. The number of anilines is 1. The number of hydrogen-bond donors (Lipinski definition) is 2. The zero-order valence-corrected chi connectivity index (χ0v) is 11.8. The maximum absolute atomic E-state index is 11.7. The third kappa shape index (κ3) is 3.67. The van der Waals surface area contributed by atoms with E-state index in [9.17, 15) is 4.79 Å². The number of nitrogens with zero attached hydrogens (tertiary/aromatic N) is 2. The molecule has 0 aliphatic carbocycles. The summed E-state index contributed by atoms with van der Waals surface area (Å²) >= 11 is 0. The van der Waals surface area contributed by atoms with Crippen molar-refractivity contribution in [2.75, 3.05) is 26.0 Å². The number of pyridine rings is 1. The molecule has 2 N–H and O–H groups in total. The van der Waals surface area contributed by atoms with Gasteiger partial charge in [0.15, 0.2) is 0 Å². The van der Waals surface area contributed by atoms with E-state index in [0.29, 0.717) is 17.6 Å². The number of amides is 1. The molecule has 0 spiro atoms. The third-order valence-corrected chi connectivity index (χ3v) is 3.39. The summed E-state index contributed by atoms with van der Waals surface area (Å²) in [6.45, 7) is 3.23. The highest BCUT2D eigenvalue weighted by molar-refractivity contribution is 5.93. The quantitative estimate of drug-likeness (QED) is 0.863. The van der Waals surface area contributed by atoms with Crippen LogP contribution in [0.1, 0.15) is 30.1 Å². The van der Waals surface area contributed by atoms with E-state index in [1.165, 1.54) is 0 Å². The van der Waals surface area contributed by atoms with Crippen LogP contribution in [-0.4, -0.2) is 48.5 Å². The second-order valence-electron chi connectivity index (χ2n) is 5.35. The fourth-order valence-corrected chi connectivity index (χ4v) is 2.34. The van der Waals surface area contributed by atoms with Crippen LogP contribution in [0.4, 0.5) is 5.82 Å². The maximum atomic E-state index is 11.7. The van der Waals surface area contributed by atoms with Crippen LogP contribution in [0, 0.1) is 0 Å². The molecule has 2 heterocycles. The van der Waals surface area contributed by atoms with Gasteiger partial charge in [0, 0.05) is 32.4 Å². The fourth-order valence-electron chi connectivity index (χ4n) is 2.34. The Bertz CT molecular complexity index is 430. The van der Waals surface area contributed by atoms with Crippen molar-refractivity contribution in [2.45, 2.75) is 31.8 Å². The summed E-state index contributed by atoms with van der Waals surface area (Å²) < 4.78 is 0. The summed E-state index contributed by atoms with van der Waals surface area (Å²) in [5.41, 5.74) is 0.620. The van der Waals surface area contributed by atoms with Crippen molar-refractivity contribution in [1.82, 2.24) is 15.2 Å². The Balaban J connectivity index is 1.97. The molecule has 1 aromatic heterocycles. The van der Waals surface area contributed by atoms with Crippen LogP contribution in [0.25, 0.3) is 0 Å². The molecule has 2 atom stereocenters. The minimum Gasteiger partial charge on any atom is -0.367 e. The van der Waals surface area contributed by atoms with E-state index in [1.54, 1.807) is 25.2 Å². The lowest BCUT2D eigenvalue weighted by Crippen LogP contribution is -2.41. The molecule has 1 saturated heterocycles. The summed E-state index contributed by atoms with van der Waals surface area (Å²) in [6.07, 6.45) is 3.83. The molecule has 1 aromatic rings. The average molecular weight is 262 g/mol. The van der Waals surface area contributed by atoms with E-state index < -0.39 is 0 Å². The van der Waals surface area contributed by atoms with Crippen molar-refractivity contribution in [1.29, 1.82) is 0 Å². The highest BCUT2D eigenvalue weighted by Crippen LogP contribution is 2.14. The van der Waals surface area contributed by atoms with Crippen molar-refractivity contribution in [3.63, 3.8) is 0 Å². The van der Waals surface area contributed by atoms with E-state index in [0.717, 1.165) is 25.2 Å². The smallest absolute Gasteiger partial charge is 0.254 e. The van der Waals surface area contributed by atoms with Gasteiger partial charge in [-0.15, -0.1) is 0 Å². The second-order valence-corrected chi connectivity index (χ2v) is 5.35. The third-order valence-electron chi connectivity index (χ3n) is 3.39. The molecular formula is C14H22N4O. The highest BCUT2D eigenvalue weighted by Gasteiger charge is 2.18. The molecule has 1 aliphatic rings. The number of aromatic nitrogens is 1. The number of rotatable bonds is 3. The van der Waals surface area contributed by atoms with Crippen molar-refractivity contribution in [3.05, 3.63) is 23.9 Å². The molecule has 2 unspecified atom stereocenters. The van der Waals surface area contributed by atoms with Gasteiger partial charge in [0.05, 0.1) is 5.56 Å². The summed E-state index contributed by atoms with van der Waals surface area (Å²) in [4.78, 5) is 17.6. The zero-order chi connectivity index (χ0) is 13.8. The van der Waals surface area contributed by atoms with Gasteiger partial charge in [-0.3, -0.25) is 4.79 Å². The first kappa shape index (κ1) is 13.8. The molecule has 1 fully saturated rings. The standard InChI is InChI=1S/C14H22N4O/c1-10-8-12(6-7-15-10)17-13-5-4-11(9-16-13)14(19)18(2)3/h4-5,9-10,12,15H,6-8H2,1-3H3,(H,16,17). The van der Waals surface area contributed by atoms with Gasteiger partial charge in [0.2, 0.25) is 0 Å². The SMILES string of the molecule is CC1CC(Nc2ccc(C(=O)N(C)C)cn2)CCN1. The van der Waals surface area contributed by atoms with Gasteiger partial charge in [-0.05, 0) is 38.4 Å². The lowest BCUT2D eigenvalue weighted by Gasteiger charge is -2.29. The van der Waals surface area contributed by atoms with Crippen molar-refractivity contribution in [2.24, 2.45) is 0 Å². The molecular weight excluding hydrogens is 240 g/mol. The molecule has 5 heteroatoms. The average Bonchev–Trinajstić information content (AvgIpc) is 2.39. The monoisotopic (exact) mass is 262 g/mol. The Morgan fingerprint density at radius 1 is 1.47 bits per heavy atom. The molecule has 104 valence electrons. The van der Waals surface area contributed by atoms with E-state index >= 15 is 0 Å². The van der Waals surface area contributed by atoms with Gasteiger partial charge in [-0.2, -0.15) is 0 Å². The van der Waals surface area contributed by atoms with Crippen LogP contribution in [0.3, 0.4) is 0 Å². The van der Waals surface area contributed by atoms with Gasteiger partial charge in [0.1, 0.15) is 5.82 Å². The lowest BCUT2D eigenvalue weighted by atomic mass is 10.0. The normalized spacial score (nSPS) is 22.9. The zero-order valence-electron chi connectivity index (χ0n) is 11.8. The summed E-state index contributed by atoms with van der Waals surface area (Å²) in [5, 5.41) is 6.85. The number of carbonyl (C=O) groups is 1. The van der Waals surface area contributed by atoms with E-state index in [1.807, 2.05) is 12.1 Å². The first-order chi connectivity index (χ1) is 9.06. The minimum absolute atomic E-state index is 0.0189. The van der Waals surface area contributed by atoms with E-state index in [2.05, 4.69) is 22.5 Å². The Hall–Kier alpha value is -1.62. The largest absolute Gasteiger partial charge is 0.367 e. The van der Waals surface area contributed by atoms with Crippen LogP contribution in [0.2, 0.25) is 0 Å². The Morgan fingerprint density at radius 2 is 2.26 bits per heavy atom. The van der Waals surface area contributed by atoms with E-state index in [-0.39, 0.29) is 5.91 Å².